The van der Waals surface area contributed by atoms with Crippen LogP contribution in [-0.4, -0.2) is 57.8 Å². The first-order chi connectivity index (χ1) is 24.3. The molecule has 7 rings (SSSR count). The van der Waals surface area contributed by atoms with Gasteiger partial charge in [0.15, 0.2) is 5.82 Å². The molecule has 3 aromatic heterocycles. The van der Waals surface area contributed by atoms with Crippen LogP contribution in [-0.2, 0) is 4.74 Å². The summed E-state index contributed by atoms with van der Waals surface area (Å²) in [6, 6.07) is 26.8. The molecular formula is C38H35Cl2N7O3. The molecule has 4 heterocycles. The average Bonchev–Trinajstić information content (AvgIpc) is 3.74. The Balaban J connectivity index is 1.31. The first kappa shape index (κ1) is 33.2. The number of fused-ring (bicyclic) bond motifs is 1. The topological polar surface area (TPSA) is 117 Å². The van der Waals surface area contributed by atoms with Crippen LogP contribution in [0.5, 0.6) is 0 Å². The summed E-state index contributed by atoms with van der Waals surface area (Å²) in [5, 5.41) is 8.07. The number of ether oxygens (including phenoxy) is 1. The molecule has 0 saturated carbocycles. The fourth-order valence-corrected chi connectivity index (χ4v) is 6.89. The monoisotopic (exact) mass is 707 g/mol. The smallest absolute Gasteiger partial charge is 0.407 e. The zero-order valence-corrected chi connectivity index (χ0v) is 29.0. The molecule has 0 bridgehead atoms. The molecule has 50 heavy (non-hydrogen) atoms. The first-order valence-corrected chi connectivity index (χ1v) is 17.1. The zero-order chi connectivity index (χ0) is 34.8. The Bertz CT molecular complexity index is 2160. The molecule has 0 radical (unpaired) electrons. The second kappa shape index (κ2) is 14.3. The highest BCUT2D eigenvalue weighted by Crippen LogP contribution is 2.42. The van der Waals surface area contributed by atoms with Gasteiger partial charge in [0.05, 0.1) is 36.6 Å². The van der Waals surface area contributed by atoms with E-state index >= 15 is 0 Å². The summed E-state index contributed by atoms with van der Waals surface area (Å²) in [7, 11) is 1.36. The van der Waals surface area contributed by atoms with Crippen molar-refractivity contribution in [1.82, 2.24) is 24.8 Å². The van der Waals surface area contributed by atoms with E-state index in [0.29, 0.717) is 58.7 Å². The van der Waals surface area contributed by atoms with Gasteiger partial charge in [0.1, 0.15) is 5.69 Å². The summed E-state index contributed by atoms with van der Waals surface area (Å²) in [6.45, 7) is 3.39. The molecule has 1 saturated heterocycles. The highest BCUT2D eigenvalue weighted by molar-refractivity contribution is 6.31. The highest BCUT2D eigenvalue weighted by atomic mass is 35.5. The number of imidazole rings is 1. The van der Waals surface area contributed by atoms with Crippen LogP contribution in [0.2, 0.25) is 10.0 Å². The van der Waals surface area contributed by atoms with Crippen LogP contribution < -0.4 is 15.5 Å². The number of nitrogens with zero attached hydrogens (tertiary/aromatic N) is 4. The lowest BCUT2D eigenvalue weighted by Gasteiger charge is -2.33. The Labute approximate surface area is 299 Å². The second-order valence-electron chi connectivity index (χ2n) is 12.2. The van der Waals surface area contributed by atoms with Crippen molar-refractivity contribution in [2.24, 2.45) is 0 Å². The molecule has 12 heteroatoms. The number of H-pyrrole nitrogens is 1. The van der Waals surface area contributed by atoms with E-state index in [-0.39, 0.29) is 18.0 Å². The third-order valence-corrected chi connectivity index (χ3v) is 9.66. The Hall–Kier alpha value is -5.32. The van der Waals surface area contributed by atoms with Gasteiger partial charge in [0.25, 0.3) is 5.91 Å². The molecule has 0 aliphatic carbocycles. The SMILES string of the molecule is COC(=O)NC1CCN(c2ncccc2NC(=O)c2[nH]c3cc(Cl)ccc3c2-c2c(-c3ccccc3)ncn2C(C)c2ccc(Cl)cc2)CC1. The number of hydrogen-bond acceptors (Lipinski definition) is 6. The number of carbonyl (C=O) groups excluding carboxylic acids is 2. The molecule has 1 aliphatic rings. The lowest BCUT2D eigenvalue weighted by atomic mass is 9.99. The van der Waals surface area contributed by atoms with E-state index in [1.165, 1.54) is 7.11 Å². The lowest BCUT2D eigenvalue weighted by molar-refractivity contribution is 0.102. The van der Waals surface area contributed by atoms with Gasteiger partial charge in [-0.05, 0) is 61.7 Å². The van der Waals surface area contributed by atoms with Gasteiger partial charge in [-0.15, -0.1) is 0 Å². The lowest BCUT2D eigenvalue weighted by Crippen LogP contribution is -2.45. The maximum atomic E-state index is 14.5. The van der Waals surface area contributed by atoms with Gasteiger partial charge < -0.3 is 29.8 Å². The van der Waals surface area contributed by atoms with Gasteiger partial charge in [-0.2, -0.15) is 0 Å². The molecule has 1 fully saturated rings. The van der Waals surface area contributed by atoms with E-state index < -0.39 is 6.09 Å². The predicted molar refractivity (Wildman–Crippen MR) is 198 cm³/mol. The third kappa shape index (κ3) is 6.64. The number of pyridine rings is 1. The van der Waals surface area contributed by atoms with Crippen LogP contribution in [0.25, 0.3) is 33.4 Å². The molecule has 2 amide bonds. The number of nitrogens with one attached hydrogen (secondary N) is 3. The maximum absolute atomic E-state index is 14.5. The fraction of sp³-hybridized carbons (Fsp3) is 0.211. The van der Waals surface area contributed by atoms with Crippen LogP contribution in [0.15, 0.2) is 97.5 Å². The largest absolute Gasteiger partial charge is 0.453 e. The van der Waals surface area contributed by atoms with E-state index in [9.17, 15) is 9.59 Å². The molecule has 1 aliphatic heterocycles. The molecule has 1 unspecified atom stereocenters. The Morgan fingerprint density at radius 2 is 1.68 bits per heavy atom. The second-order valence-corrected chi connectivity index (χ2v) is 13.1. The van der Waals surface area contributed by atoms with Gasteiger partial charge in [0.2, 0.25) is 0 Å². The molecular weight excluding hydrogens is 673 g/mol. The van der Waals surface area contributed by atoms with Crippen molar-refractivity contribution in [2.75, 3.05) is 30.4 Å². The fourth-order valence-electron chi connectivity index (χ4n) is 6.59. The third-order valence-electron chi connectivity index (χ3n) is 9.17. The van der Waals surface area contributed by atoms with Gasteiger partial charge in [0, 0.05) is 57.4 Å². The Morgan fingerprint density at radius 1 is 0.940 bits per heavy atom. The number of piperidine rings is 1. The number of benzene rings is 3. The van der Waals surface area contributed by atoms with E-state index in [0.717, 1.165) is 33.4 Å². The minimum absolute atomic E-state index is 0.000102. The van der Waals surface area contributed by atoms with E-state index in [2.05, 4.69) is 37.0 Å². The van der Waals surface area contributed by atoms with Crippen molar-refractivity contribution in [3.8, 4) is 22.5 Å². The van der Waals surface area contributed by atoms with Crippen molar-refractivity contribution in [1.29, 1.82) is 0 Å². The molecule has 3 N–H and O–H groups in total. The highest BCUT2D eigenvalue weighted by Gasteiger charge is 2.29. The standard InChI is InChI=1S/C38H35Cl2N7O3/c1-23(24-10-12-26(39)13-11-24)47-22-42-33(25-7-4-3-5-8-25)35(47)32-29-15-14-27(40)21-31(29)44-34(32)37(48)45-30-9-6-18-41-36(30)46-19-16-28(17-20-46)43-38(49)50-2/h3-15,18,21-23,28,44H,16-17,19-20H2,1-2H3,(H,43,49)(H,45,48). The molecule has 1 atom stereocenters. The number of anilines is 2. The van der Waals surface area contributed by atoms with Crippen molar-refractivity contribution in [3.63, 3.8) is 0 Å². The number of amides is 2. The summed E-state index contributed by atoms with van der Waals surface area (Å²) in [5.41, 5.74) is 5.82. The maximum Gasteiger partial charge on any atom is 0.407 e. The quantitative estimate of drug-likeness (QED) is 0.146. The summed E-state index contributed by atoms with van der Waals surface area (Å²) in [4.78, 5) is 41.4. The van der Waals surface area contributed by atoms with Gasteiger partial charge >= 0.3 is 6.09 Å². The number of aromatic nitrogens is 4. The number of aromatic amines is 1. The van der Waals surface area contributed by atoms with Crippen molar-refractivity contribution in [3.05, 3.63) is 119 Å². The number of rotatable bonds is 8. The number of alkyl carbamates (subject to hydrolysis) is 1. The molecule has 3 aromatic carbocycles. The van der Waals surface area contributed by atoms with E-state index in [4.69, 9.17) is 32.9 Å². The van der Waals surface area contributed by atoms with Crippen molar-refractivity contribution < 1.29 is 14.3 Å². The Kier molecular flexibility index (Phi) is 9.47. The van der Waals surface area contributed by atoms with Crippen LogP contribution in [0.4, 0.5) is 16.3 Å². The van der Waals surface area contributed by atoms with E-state index in [1.54, 1.807) is 12.3 Å². The molecule has 254 valence electrons. The summed E-state index contributed by atoms with van der Waals surface area (Å²) < 4.78 is 6.87. The molecule has 6 aromatic rings. The predicted octanol–water partition coefficient (Wildman–Crippen LogP) is 8.59. The van der Waals surface area contributed by atoms with Crippen LogP contribution in [0, 0.1) is 0 Å². The summed E-state index contributed by atoms with van der Waals surface area (Å²) in [6.07, 6.45) is 4.52. The summed E-state index contributed by atoms with van der Waals surface area (Å²) >= 11 is 12.7. The van der Waals surface area contributed by atoms with Gasteiger partial charge in [-0.1, -0.05) is 71.7 Å². The number of carbonyl (C=O) groups is 2. The van der Waals surface area contributed by atoms with Gasteiger partial charge in [-0.25, -0.2) is 14.8 Å². The summed E-state index contributed by atoms with van der Waals surface area (Å²) in [5.74, 6) is 0.319. The first-order valence-electron chi connectivity index (χ1n) is 16.4. The number of methoxy groups -OCH3 is 1. The Morgan fingerprint density at radius 3 is 2.42 bits per heavy atom. The molecule has 0 spiro atoms. The van der Waals surface area contributed by atoms with Crippen LogP contribution in [0.3, 0.4) is 0 Å². The molecule has 10 nitrogen and oxygen atoms in total. The number of halogens is 2. The minimum Gasteiger partial charge on any atom is -0.453 e. The average molecular weight is 709 g/mol. The van der Waals surface area contributed by atoms with Crippen LogP contribution >= 0.6 is 23.2 Å². The minimum atomic E-state index is -0.441. The van der Waals surface area contributed by atoms with Crippen molar-refractivity contribution >= 4 is 57.6 Å². The van der Waals surface area contributed by atoms with E-state index in [1.807, 2.05) is 85.2 Å². The van der Waals surface area contributed by atoms with Crippen LogP contribution in [0.1, 0.15) is 41.9 Å². The number of hydrogen-bond donors (Lipinski definition) is 3. The van der Waals surface area contributed by atoms with Crippen molar-refractivity contribution in [2.45, 2.75) is 31.8 Å². The van der Waals surface area contributed by atoms with Gasteiger partial charge in [-0.3, -0.25) is 4.79 Å². The normalized spacial score (nSPS) is 14.0. The zero-order valence-electron chi connectivity index (χ0n) is 27.5.